The van der Waals surface area contributed by atoms with Gasteiger partial charge in [-0.05, 0) is 36.2 Å². The summed E-state index contributed by atoms with van der Waals surface area (Å²) < 4.78 is 37.9. The van der Waals surface area contributed by atoms with E-state index >= 15 is 0 Å². The van der Waals surface area contributed by atoms with E-state index in [1.54, 1.807) is 18.2 Å². The summed E-state index contributed by atoms with van der Waals surface area (Å²) in [6.07, 6.45) is -4.31. The summed E-state index contributed by atoms with van der Waals surface area (Å²) in [5.74, 6) is 0. The third kappa shape index (κ3) is 4.48. The first-order valence-corrected chi connectivity index (χ1v) is 6.89. The van der Waals surface area contributed by atoms with Crippen molar-refractivity contribution in [3.63, 3.8) is 0 Å². The average molecular weight is 314 g/mol. The highest BCUT2D eigenvalue weighted by Crippen LogP contribution is 2.29. The van der Waals surface area contributed by atoms with Crippen LogP contribution < -0.4 is 5.32 Å². The second kappa shape index (κ2) is 6.50. The topological polar surface area (TPSA) is 12.0 Å². The SMILES string of the molecule is C[C@H](NCc1cccc(C(F)(F)F)c1)c1ccc(Cl)cc1. The zero-order valence-electron chi connectivity index (χ0n) is 11.4. The Bertz CT molecular complexity index is 593. The predicted molar refractivity (Wildman–Crippen MR) is 78.2 cm³/mol. The molecular formula is C16H15ClF3N. The third-order valence-electron chi connectivity index (χ3n) is 3.24. The summed E-state index contributed by atoms with van der Waals surface area (Å²) in [7, 11) is 0. The monoisotopic (exact) mass is 313 g/mol. The van der Waals surface area contributed by atoms with Crippen LogP contribution in [0, 0.1) is 0 Å². The number of hydrogen-bond acceptors (Lipinski definition) is 1. The van der Waals surface area contributed by atoms with Crippen LogP contribution in [-0.2, 0) is 12.7 Å². The largest absolute Gasteiger partial charge is 0.416 e. The molecule has 1 N–H and O–H groups in total. The van der Waals surface area contributed by atoms with Gasteiger partial charge in [0.25, 0.3) is 0 Å². The predicted octanol–water partition coefficient (Wildman–Crippen LogP) is 5.21. The van der Waals surface area contributed by atoms with E-state index in [1.165, 1.54) is 12.1 Å². The van der Waals surface area contributed by atoms with Crippen LogP contribution in [-0.4, -0.2) is 0 Å². The van der Waals surface area contributed by atoms with Gasteiger partial charge >= 0.3 is 6.18 Å². The van der Waals surface area contributed by atoms with Crippen LogP contribution in [0.2, 0.25) is 5.02 Å². The van der Waals surface area contributed by atoms with Crippen LogP contribution in [0.25, 0.3) is 0 Å². The number of hydrogen-bond donors (Lipinski definition) is 1. The summed E-state index contributed by atoms with van der Waals surface area (Å²) in [4.78, 5) is 0. The molecule has 0 saturated carbocycles. The number of alkyl halides is 3. The Morgan fingerprint density at radius 3 is 2.38 bits per heavy atom. The maximum atomic E-state index is 12.6. The minimum absolute atomic E-state index is 0.0248. The van der Waals surface area contributed by atoms with E-state index in [4.69, 9.17) is 11.6 Å². The molecule has 0 amide bonds. The van der Waals surface area contributed by atoms with Gasteiger partial charge in [-0.3, -0.25) is 0 Å². The van der Waals surface area contributed by atoms with Crippen molar-refractivity contribution in [3.8, 4) is 0 Å². The second-order valence-corrected chi connectivity index (χ2v) is 5.29. The molecule has 0 aliphatic rings. The molecule has 0 saturated heterocycles. The van der Waals surface area contributed by atoms with Gasteiger partial charge in [0.1, 0.15) is 0 Å². The molecule has 2 aromatic rings. The Hall–Kier alpha value is -1.52. The Morgan fingerprint density at radius 2 is 1.76 bits per heavy atom. The highest BCUT2D eigenvalue weighted by Gasteiger charge is 2.30. The summed E-state index contributed by atoms with van der Waals surface area (Å²) in [6.45, 7) is 2.32. The number of benzene rings is 2. The Balaban J connectivity index is 2.01. The lowest BCUT2D eigenvalue weighted by Crippen LogP contribution is -2.18. The first kappa shape index (κ1) is 15.9. The fourth-order valence-electron chi connectivity index (χ4n) is 2.00. The van der Waals surface area contributed by atoms with E-state index in [0.29, 0.717) is 17.1 Å². The number of halogens is 4. The van der Waals surface area contributed by atoms with Gasteiger partial charge in [0, 0.05) is 17.6 Å². The van der Waals surface area contributed by atoms with Crippen molar-refractivity contribution in [3.05, 3.63) is 70.2 Å². The van der Waals surface area contributed by atoms with Crippen molar-refractivity contribution in [1.82, 2.24) is 5.32 Å². The summed E-state index contributed by atoms with van der Waals surface area (Å²) in [6, 6.07) is 12.7. The normalized spacial score (nSPS) is 13.2. The molecule has 112 valence electrons. The molecule has 0 aliphatic carbocycles. The van der Waals surface area contributed by atoms with Crippen LogP contribution in [0.1, 0.15) is 29.7 Å². The minimum atomic E-state index is -4.31. The smallest absolute Gasteiger partial charge is 0.306 e. The van der Waals surface area contributed by atoms with Crippen molar-refractivity contribution >= 4 is 11.6 Å². The van der Waals surface area contributed by atoms with Crippen molar-refractivity contribution < 1.29 is 13.2 Å². The molecule has 5 heteroatoms. The summed E-state index contributed by atoms with van der Waals surface area (Å²) in [5, 5.41) is 3.86. The zero-order valence-corrected chi connectivity index (χ0v) is 12.2. The van der Waals surface area contributed by atoms with Gasteiger partial charge in [0.05, 0.1) is 5.56 Å². The van der Waals surface area contributed by atoms with E-state index in [0.717, 1.165) is 11.6 Å². The molecule has 2 rings (SSSR count). The molecule has 0 unspecified atom stereocenters. The molecule has 0 aliphatic heterocycles. The molecule has 1 nitrogen and oxygen atoms in total. The quantitative estimate of drug-likeness (QED) is 0.817. The number of rotatable bonds is 4. The van der Waals surface area contributed by atoms with Gasteiger partial charge in [-0.15, -0.1) is 0 Å². The molecule has 2 aromatic carbocycles. The van der Waals surface area contributed by atoms with E-state index in [1.807, 2.05) is 19.1 Å². The van der Waals surface area contributed by atoms with E-state index in [9.17, 15) is 13.2 Å². The Kier molecular flexibility index (Phi) is 4.91. The summed E-state index contributed by atoms with van der Waals surface area (Å²) >= 11 is 5.82. The van der Waals surface area contributed by atoms with Crippen LogP contribution in [0.15, 0.2) is 48.5 Å². The third-order valence-corrected chi connectivity index (χ3v) is 3.49. The van der Waals surface area contributed by atoms with Crippen LogP contribution in [0.5, 0.6) is 0 Å². The fraction of sp³-hybridized carbons (Fsp3) is 0.250. The zero-order chi connectivity index (χ0) is 15.5. The van der Waals surface area contributed by atoms with Gasteiger partial charge in [-0.2, -0.15) is 13.2 Å². The number of nitrogens with one attached hydrogen (secondary N) is 1. The summed E-state index contributed by atoms with van der Waals surface area (Å²) in [5.41, 5.74) is 1.01. The molecule has 21 heavy (non-hydrogen) atoms. The van der Waals surface area contributed by atoms with E-state index < -0.39 is 11.7 Å². The minimum Gasteiger partial charge on any atom is -0.306 e. The van der Waals surface area contributed by atoms with E-state index in [2.05, 4.69) is 5.32 Å². The van der Waals surface area contributed by atoms with Crippen LogP contribution in [0.4, 0.5) is 13.2 Å². The molecule has 0 fully saturated rings. The molecular weight excluding hydrogens is 299 g/mol. The van der Waals surface area contributed by atoms with Gasteiger partial charge in [0.2, 0.25) is 0 Å². The van der Waals surface area contributed by atoms with Crippen molar-refractivity contribution in [1.29, 1.82) is 0 Å². The van der Waals surface area contributed by atoms with Crippen LogP contribution >= 0.6 is 11.6 Å². The van der Waals surface area contributed by atoms with Crippen molar-refractivity contribution in [2.24, 2.45) is 0 Å². The molecule has 0 aromatic heterocycles. The molecule has 0 spiro atoms. The van der Waals surface area contributed by atoms with Crippen LogP contribution in [0.3, 0.4) is 0 Å². The van der Waals surface area contributed by atoms with E-state index in [-0.39, 0.29) is 6.04 Å². The second-order valence-electron chi connectivity index (χ2n) is 4.85. The maximum absolute atomic E-state index is 12.6. The fourth-order valence-corrected chi connectivity index (χ4v) is 2.12. The molecule has 0 radical (unpaired) electrons. The van der Waals surface area contributed by atoms with Gasteiger partial charge < -0.3 is 5.32 Å². The van der Waals surface area contributed by atoms with Crippen molar-refractivity contribution in [2.45, 2.75) is 25.7 Å². The molecule has 1 atom stereocenters. The lowest BCUT2D eigenvalue weighted by atomic mass is 10.1. The van der Waals surface area contributed by atoms with Gasteiger partial charge in [-0.25, -0.2) is 0 Å². The molecule has 0 bridgehead atoms. The lowest BCUT2D eigenvalue weighted by molar-refractivity contribution is -0.137. The Labute approximate surface area is 126 Å². The highest BCUT2D eigenvalue weighted by molar-refractivity contribution is 6.30. The Morgan fingerprint density at radius 1 is 1.10 bits per heavy atom. The highest BCUT2D eigenvalue weighted by atomic mass is 35.5. The first-order valence-electron chi connectivity index (χ1n) is 6.51. The lowest BCUT2D eigenvalue weighted by Gasteiger charge is -2.15. The first-order chi connectivity index (χ1) is 9.86. The average Bonchev–Trinajstić information content (AvgIpc) is 2.45. The standard InChI is InChI=1S/C16H15ClF3N/c1-11(13-5-7-15(17)8-6-13)21-10-12-3-2-4-14(9-12)16(18,19)20/h2-9,11,21H,10H2,1H3/t11-/m0/s1. The van der Waals surface area contributed by atoms with Gasteiger partial charge in [-0.1, -0.05) is 41.9 Å². The van der Waals surface area contributed by atoms with Gasteiger partial charge in [0.15, 0.2) is 0 Å². The van der Waals surface area contributed by atoms with Crippen molar-refractivity contribution in [2.75, 3.05) is 0 Å². The maximum Gasteiger partial charge on any atom is 0.416 e. The molecule has 0 heterocycles.